The smallest absolute Gasteiger partial charge is 0.284 e. The lowest BCUT2D eigenvalue weighted by Gasteiger charge is -2.04. The standard InChI is InChI=1S/C12H10FNO3/c13-9-3-1-2-4-10(9)16-7-8-5-6-11(17-8)12(14)15/h1-6H,7H2,(H2,14,15). The predicted molar refractivity (Wildman–Crippen MR) is 58.0 cm³/mol. The van der Waals surface area contributed by atoms with Crippen LogP contribution in [-0.4, -0.2) is 5.91 Å². The predicted octanol–water partition coefficient (Wildman–Crippen LogP) is 2.10. The molecule has 0 aliphatic carbocycles. The van der Waals surface area contributed by atoms with Gasteiger partial charge in [-0.15, -0.1) is 0 Å². The van der Waals surface area contributed by atoms with Gasteiger partial charge in [0.15, 0.2) is 17.3 Å². The van der Waals surface area contributed by atoms with Crippen molar-refractivity contribution in [3.8, 4) is 5.75 Å². The Morgan fingerprint density at radius 3 is 2.71 bits per heavy atom. The molecule has 0 atom stereocenters. The summed E-state index contributed by atoms with van der Waals surface area (Å²) >= 11 is 0. The number of primary amides is 1. The maximum atomic E-state index is 13.2. The number of amides is 1. The molecule has 1 aromatic heterocycles. The first-order valence-corrected chi connectivity index (χ1v) is 4.92. The van der Waals surface area contributed by atoms with Crippen molar-refractivity contribution < 1.29 is 18.3 Å². The lowest BCUT2D eigenvalue weighted by molar-refractivity contribution is 0.0969. The summed E-state index contributed by atoms with van der Waals surface area (Å²) in [4.78, 5) is 10.8. The van der Waals surface area contributed by atoms with E-state index in [1.54, 1.807) is 18.2 Å². The van der Waals surface area contributed by atoms with E-state index in [0.717, 1.165) is 0 Å². The number of furan rings is 1. The van der Waals surface area contributed by atoms with Crippen LogP contribution < -0.4 is 10.5 Å². The Morgan fingerprint density at radius 1 is 1.29 bits per heavy atom. The van der Waals surface area contributed by atoms with Gasteiger partial charge < -0.3 is 14.9 Å². The Hall–Kier alpha value is -2.30. The zero-order valence-electron chi connectivity index (χ0n) is 8.85. The van der Waals surface area contributed by atoms with Gasteiger partial charge >= 0.3 is 0 Å². The maximum absolute atomic E-state index is 13.2. The number of carbonyl (C=O) groups excluding carboxylic acids is 1. The molecule has 88 valence electrons. The van der Waals surface area contributed by atoms with Crippen LogP contribution >= 0.6 is 0 Å². The van der Waals surface area contributed by atoms with Gasteiger partial charge in [0.2, 0.25) is 0 Å². The minimum absolute atomic E-state index is 0.0359. The Morgan fingerprint density at radius 2 is 2.06 bits per heavy atom. The van der Waals surface area contributed by atoms with Crippen molar-refractivity contribution >= 4 is 5.91 Å². The number of benzene rings is 1. The zero-order chi connectivity index (χ0) is 12.3. The molecular formula is C12H10FNO3. The van der Waals surface area contributed by atoms with Gasteiger partial charge in [-0.3, -0.25) is 4.79 Å². The van der Waals surface area contributed by atoms with E-state index in [4.69, 9.17) is 14.9 Å². The van der Waals surface area contributed by atoms with Crippen LogP contribution in [0, 0.1) is 5.82 Å². The number of hydrogen-bond donors (Lipinski definition) is 1. The van der Waals surface area contributed by atoms with E-state index in [-0.39, 0.29) is 18.1 Å². The van der Waals surface area contributed by atoms with Crippen molar-refractivity contribution in [2.45, 2.75) is 6.61 Å². The lowest BCUT2D eigenvalue weighted by atomic mass is 10.3. The summed E-state index contributed by atoms with van der Waals surface area (Å²) in [6, 6.07) is 9.04. The van der Waals surface area contributed by atoms with Gasteiger partial charge in [0.1, 0.15) is 12.4 Å². The van der Waals surface area contributed by atoms with Crippen LogP contribution in [0.25, 0.3) is 0 Å². The highest BCUT2D eigenvalue weighted by molar-refractivity contribution is 5.89. The van der Waals surface area contributed by atoms with Crippen LogP contribution in [0.4, 0.5) is 4.39 Å². The summed E-state index contributed by atoms with van der Waals surface area (Å²) in [5, 5.41) is 0. The number of halogens is 1. The fraction of sp³-hybridized carbons (Fsp3) is 0.0833. The summed E-state index contributed by atoms with van der Waals surface area (Å²) < 4.78 is 23.5. The second-order valence-corrected chi connectivity index (χ2v) is 3.35. The van der Waals surface area contributed by atoms with Gasteiger partial charge in [0, 0.05) is 0 Å². The average Bonchev–Trinajstić information content (AvgIpc) is 2.77. The molecule has 0 saturated heterocycles. The molecule has 0 aliphatic rings. The molecule has 1 amide bonds. The van der Waals surface area contributed by atoms with Crippen molar-refractivity contribution in [2.75, 3.05) is 0 Å². The van der Waals surface area contributed by atoms with E-state index < -0.39 is 11.7 Å². The molecule has 0 radical (unpaired) electrons. The number of hydrogen-bond acceptors (Lipinski definition) is 3. The molecule has 1 aromatic carbocycles. The summed E-state index contributed by atoms with van der Waals surface area (Å²) in [5.74, 6) is -0.514. The SMILES string of the molecule is NC(=O)c1ccc(COc2ccccc2F)o1. The third kappa shape index (κ3) is 2.63. The van der Waals surface area contributed by atoms with Crippen molar-refractivity contribution in [3.05, 3.63) is 53.7 Å². The molecule has 2 rings (SSSR count). The number of nitrogens with two attached hydrogens (primary N) is 1. The average molecular weight is 235 g/mol. The summed E-state index contributed by atoms with van der Waals surface area (Å²) in [7, 11) is 0. The Bertz CT molecular complexity index is 536. The van der Waals surface area contributed by atoms with Crippen molar-refractivity contribution in [2.24, 2.45) is 5.73 Å². The van der Waals surface area contributed by atoms with Crippen LogP contribution in [0.5, 0.6) is 5.75 Å². The first-order valence-electron chi connectivity index (χ1n) is 4.92. The van der Waals surface area contributed by atoms with Gasteiger partial charge in [-0.2, -0.15) is 0 Å². The highest BCUT2D eigenvalue weighted by atomic mass is 19.1. The molecule has 0 spiro atoms. The van der Waals surface area contributed by atoms with Crippen LogP contribution in [0.3, 0.4) is 0 Å². The summed E-state index contributed by atoms with van der Waals surface area (Å²) in [6.07, 6.45) is 0. The van der Waals surface area contributed by atoms with Crippen LogP contribution in [-0.2, 0) is 6.61 Å². The van der Waals surface area contributed by atoms with Crippen molar-refractivity contribution in [1.82, 2.24) is 0 Å². The van der Waals surface area contributed by atoms with E-state index in [2.05, 4.69) is 0 Å². The molecule has 0 fully saturated rings. The minimum Gasteiger partial charge on any atom is -0.483 e. The van der Waals surface area contributed by atoms with Gasteiger partial charge in [0.05, 0.1) is 0 Å². The molecule has 0 saturated carbocycles. The van der Waals surface area contributed by atoms with E-state index >= 15 is 0 Å². The first-order chi connectivity index (χ1) is 8.16. The van der Waals surface area contributed by atoms with Gasteiger partial charge in [-0.1, -0.05) is 12.1 Å². The fourth-order valence-corrected chi connectivity index (χ4v) is 1.30. The molecule has 2 N–H and O–H groups in total. The highest BCUT2D eigenvalue weighted by Crippen LogP contribution is 2.17. The molecule has 5 heteroatoms. The normalized spacial score (nSPS) is 10.2. The van der Waals surface area contributed by atoms with Crippen molar-refractivity contribution in [3.63, 3.8) is 0 Å². The fourth-order valence-electron chi connectivity index (χ4n) is 1.30. The second kappa shape index (κ2) is 4.69. The van der Waals surface area contributed by atoms with Gasteiger partial charge in [-0.05, 0) is 24.3 Å². The molecule has 1 heterocycles. The summed E-state index contributed by atoms with van der Waals surface area (Å²) in [6.45, 7) is 0.0359. The molecule has 4 nitrogen and oxygen atoms in total. The Kier molecular flexibility index (Phi) is 3.09. The molecule has 0 aliphatic heterocycles. The third-order valence-corrected chi connectivity index (χ3v) is 2.11. The highest BCUT2D eigenvalue weighted by Gasteiger charge is 2.08. The monoisotopic (exact) mass is 235 g/mol. The lowest BCUT2D eigenvalue weighted by Crippen LogP contribution is -2.09. The summed E-state index contributed by atoms with van der Waals surface area (Å²) in [5.41, 5.74) is 5.02. The number of carbonyl (C=O) groups is 1. The number of rotatable bonds is 4. The Labute approximate surface area is 96.8 Å². The third-order valence-electron chi connectivity index (χ3n) is 2.11. The van der Waals surface area contributed by atoms with E-state index in [9.17, 15) is 9.18 Å². The van der Waals surface area contributed by atoms with Gasteiger partial charge in [-0.25, -0.2) is 4.39 Å². The molecule has 2 aromatic rings. The number of para-hydroxylation sites is 1. The molecule has 0 bridgehead atoms. The van der Waals surface area contributed by atoms with Gasteiger partial charge in [0.25, 0.3) is 5.91 Å². The molecule has 0 unspecified atom stereocenters. The second-order valence-electron chi connectivity index (χ2n) is 3.35. The van der Waals surface area contributed by atoms with Crippen molar-refractivity contribution in [1.29, 1.82) is 0 Å². The van der Waals surface area contributed by atoms with E-state index in [0.29, 0.717) is 5.76 Å². The largest absolute Gasteiger partial charge is 0.483 e. The quantitative estimate of drug-likeness (QED) is 0.882. The first kappa shape index (κ1) is 11.2. The molecular weight excluding hydrogens is 225 g/mol. The van der Waals surface area contributed by atoms with E-state index in [1.807, 2.05) is 0 Å². The minimum atomic E-state index is -0.651. The zero-order valence-corrected chi connectivity index (χ0v) is 8.85. The Balaban J connectivity index is 2.02. The molecule has 17 heavy (non-hydrogen) atoms. The topological polar surface area (TPSA) is 65.5 Å². The van der Waals surface area contributed by atoms with Crippen LogP contribution in [0.1, 0.15) is 16.3 Å². The number of ether oxygens (including phenoxy) is 1. The van der Waals surface area contributed by atoms with Crippen LogP contribution in [0.15, 0.2) is 40.8 Å². The van der Waals surface area contributed by atoms with Crippen LogP contribution in [0.2, 0.25) is 0 Å². The maximum Gasteiger partial charge on any atom is 0.284 e. The van der Waals surface area contributed by atoms with E-state index in [1.165, 1.54) is 18.2 Å².